The van der Waals surface area contributed by atoms with E-state index in [1.165, 1.54) is 25.4 Å². The van der Waals surface area contributed by atoms with Gasteiger partial charge >= 0.3 is 5.92 Å². The van der Waals surface area contributed by atoms with Gasteiger partial charge in [0.1, 0.15) is 23.7 Å². The van der Waals surface area contributed by atoms with Gasteiger partial charge in [0.2, 0.25) is 17.7 Å². The van der Waals surface area contributed by atoms with Crippen molar-refractivity contribution in [2.45, 2.75) is 76.8 Å². The van der Waals surface area contributed by atoms with E-state index < -0.39 is 53.0 Å². The number of pyridine rings is 1. The summed E-state index contributed by atoms with van der Waals surface area (Å²) in [4.78, 5) is 57.7. The van der Waals surface area contributed by atoms with Gasteiger partial charge in [0.25, 0.3) is 5.91 Å². The molecular weight excluding hydrogens is 631 g/mol. The number of alkyl halides is 2. The third-order valence-corrected chi connectivity index (χ3v) is 9.20. The number of morpholine rings is 1. The van der Waals surface area contributed by atoms with E-state index in [0.29, 0.717) is 50.6 Å². The molecule has 2 aliphatic rings. The summed E-state index contributed by atoms with van der Waals surface area (Å²) in [5, 5.41) is 7.48. The number of hydrogen-bond donors (Lipinski definition) is 3. The molecule has 2 fully saturated rings. The van der Waals surface area contributed by atoms with E-state index in [1.807, 2.05) is 0 Å². The Kier molecular flexibility index (Phi) is 12.4. The summed E-state index contributed by atoms with van der Waals surface area (Å²) in [6.45, 7) is 6.88. The fourth-order valence-electron chi connectivity index (χ4n) is 6.06. The molecule has 262 valence electrons. The summed E-state index contributed by atoms with van der Waals surface area (Å²) in [6, 6.07) is 2.67. The normalized spacial score (nSPS) is 20.2. The Morgan fingerprint density at radius 2 is 1.75 bits per heavy atom. The van der Waals surface area contributed by atoms with Gasteiger partial charge in [-0.25, -0.2) is 4.39 Å². The van der Waals surface area contributed by atoms with Crippen molar-refractivity contribution in [1.29, 1.82) is 0 Å². The predicted molar refractivity (Wildman–Crippen MR) is 171 cm³/mol. The summed E-state index contributed by atoms with van der Waals surface area (Å²) in [5.74, 6) is -8.73. The lowest BCUT2D eigenvalue weighted by atomic mass is 9.79. The van der Waals surface area contributed by atoms with Crippen molar-refractivity contribution < 1.29 is 41.8 Å². The summed E-state index contributed by atoms with van der Waals surface area (Å²) in [5.41, 5.74) is -0.532. The Balaban J connectivity index is 1.54. The highest BCUT2D eigenvalue weighted by Crippen LogP contribution is 2.34. The number of nitrogens with zero attached hydrogens (tertiary/aromatic N) is 2. The maximum atomic E-state index is 15.6. The van der Waals surface area contributed by atoms with Crippen molar-refractivity contribution >= 4 is 29.3 Å². The Hall–Kier alpha value is -4.20. The first-order valence-corrected chi connectivity index (χ1v) is 16.3. The number of aromatic nitrogens is 1. The molecule has 3 atom stereocenters. The summed E-state index contributed by atoms with van der Waals surface area (Å²) in [6.07, 6.45) is 4.71. The molecule has 1 aliphatic carbocycles. The zero-order valence-corrected chi connectivity index (χ0v) is 27.7. The lowest BCUT2D eigenvalue weighted by Gasteiger charge is -2.33. The number of hydrogen-bond acceptors (Lipinski definition) is 7. The van der Waals surface area contributed by atoms with Gasteiger partial charge in [0, 0.05) is 31.6 Å². The minimum Gasteiger partial charge on any atom is -0.495 e. The molecule has 2 aromatic rings. The van der Waals surface area contributed by atoms with E-state index in [-0.39, 0.29) is 29.7 Å². The van der Waals surface area contributed by atoms with Gasteiger partial charge in [0.05, 0.1) is 37.8 Å². The smallest absolute Gasteiger partial charge is 0.351 e. The highest BCUT2D eigenvalue weighted by molar-refractivity contribution is 5.98. The molecule has 11 nitrogen and oxygen atoms in total. The summed E-state index contributed by atoms with van der Waals surface area (Å²) < 4.78 is 56.5. The van der Waals surface area contributed by atoms with Crippen LogP contribution in [-0.2, 0) is 29.8 Å². The van der Waals surface area contributed by atoms with Crippen LogP contribution >= 0.6 is 0 Å². The SMILES string of the molecule is CCC(=O)N[C@@H](C(=O)N1CCOCC1)[C@@H](C)c1ccc(NC(=O)[C@@H](NC(=O)C(F)(F)c2cncc(OC)c2)[C@H]2CC[C@H](C)CC2)c(F)c1. The number of benzene rings is 1. The molecule has 0 bridgehead atoms. The van der Waals surface area contributed by atoms with Gasteiger partial charge in [-0.05, 0) is 48.4 Å². The molecule has 1 saturated heterocycles. The lowest BCUT2D eigenvalue weighted by Crippen LogP contribution is -2.53. The quantitative estimate of drug-likeness (QED) is 0.308. The standard InChI is InChI=1S/C34H44F3N5O6/c1-5-28(43)40-29(32(45)42-12-14-48-15-13-42)21(3)23-10-11-27(26(35)16-23)39-31(44)30(22-8-6-20(2)7-9-22)41-33(46)34(36,37)24-17-25(47-4)19-38-18-24/h10-11,16-22,29-30H,5-9,12-15H2,1-4H3,(H,39,44)(H,40,43)(H,41,46)/t20-,21-,22-,29+,30-/m0/s1. The third-order valence-electron chi connectivity index (χ3n) is 9.20. The van der Waals surface area contributed by atoms with Gasteiger partial charge in [-0.15, -0.1) is 0 Å². The molecule has 1 aromatic heterocycles. The van der Waals surface area contributed by atoms with Gasteiger partial charge in [-0.1, -0.05) is 39.7 Å². The van der Waals surface area contributed by atoms with Crippen LogP contribution in [-0.4, -0.2) is 79.0 Å². The van der Waals surface area contributed by atoms with Crippen LogP contribution in [0.1, 0.15) is 69.9 Å². The minimum atomic E-state index is -4.03. The number of nitrogens with one attached hydrogen (secondary N) is 3. The van der Waals surface area contributed by atoms with Crippen molar-refractivity contribution in [3.8, 4) is 5.75 Å². The highest BCUT2D eigenvalue weighted by Gasteiger charge is 2.45. The number of halogens is 3. The van der Waals surface area contributed by atoms with Gasteiger partial charge in [-0.3, -0.25) is 24.2 Å². The average molecular weight is 676 g/mol. The van der Waals surface area contributed by atoms with E-state index in [2.05, 4.69) is 27.9 Å². The molecule has 4 amide bonds. The van der Waals surface area contributed by atoms with Crippen molar-refractivity contribution in [3.05, 3.63) is 53.6 Å². The van der Waals surface area contributed by atoms with E-state index in [9.17, 15) is 19.2 Å². The number of ether oxygens (including phenoxy) is 2. The summed E-state index contributed by atoms with van der Waals surface area (Å²) >= 11 is 0. The molecule has 0 spiro atoms. The van der Waals surface area contributed by atoms with Gasteiger partial charge in [-0.2, -0.15) is 8.78 Å². The second-order valence-electron chi connectivity index (χ2n) is 12.5. The van der Waals surface area contributed by atoms with Crippen LogP contribution in [0.4, 0.5) is 18.9 Å². The number of carbonyl (C=O) groups is 4. The molecule has 2 heterocycles. The Morgan fingerprint density at radius 1 is 1.06 bits per heavy atom. The molecule has 3 N–H and O–H groups in total. The van der Waals surface area contributed by atoms with Crippen LogP contribution in [0, 0.1) is 17.7 Å². The molecule has 1 aliphatic heterocycles. The van der Waals surface area contributed by atoms with Crippen LogP contribution in [0.15, 0.2) is 36.7 Å². The highest BCUT2D eigenvalue weighted by atomic mass is 19.3. The number of methoxy groups -OCH3 is 1. The number of anilines is 1. The van der Waals surface area contributed by atoms with Crippen LogP contribution in [0.3, 0.4) is 0 Å². The Morgan fingerprint density at radius 3 is 2.38 bits per heavy atom. The summed E-state index contributed by atoms with van der Waals surface area (Å²) in [7, 11) is 1.28. The lowest BCUT2D eigenvalue weighted by molar-refractivity contribution is -0.149. The van der Waals surface area contributed by atoms with Gasteiger partial charge in [0.15, 0.2) is 0 Å². The zero-order chi connectivity index (χ0) is 35.0. The maximum Gasteiger partial charge on any atom is 0.351 e. The van der Waals surface area contributed by atoms with Crippen molar-refractivity contribution in [2.24, 2.45) is 11.8 Å². The third kappa shape index (κ3) is 8.82. The second-order valence-corrected chi connectivity index (χ2v) is 12.5. The Bertz CT molecular complexity index is 1460. The zero-order valence-electron chi connectivity index (χ0n) is 27.7. The van der Waals surface area contributed by atoms with E-state index in [4.69, 9.17) is 9.47 Å². The van der Waals surface area contributed by atoms with Gasteiger partial charge < -0.3 is 30.3 Å². The monoisotopic (exact) mass is 675 g/mol. The first kappa shape index (κ1) is 36.6. The van der Waals surface area contributed by atoms with Crippen molar-refractivity contribution in [1.82, 2.24) is 20.5 Å². The molecule has 0 unspecified atom stereocenters. The minimum absolute atomic E-state index is 0.0355. The average Bonchev–Trinajstić information content (AvgIpc) is 3.10. The predicted octanol–water partition coefficient (Wildman–Crippen LogP) is 4.13. The molecule has 1 saturated carbocycles. The molecule has 0 radical (unpaired) electrons. The van der Waals surface area contributed by atoms with Crippen molar-refractivity contribution in [2.75, 3.05) is 38.7 Å². The fourth-order valence-corrected chi connectivity index (χ4v) is 6.06. The Labute approximate surface area is 278 Å². The number of amides is 4. The number of carbonyl (C=O) groups excluding carboxylic acids is 4. The first-order valence-electron chi connectivity index (χ1n) is 16.3. The largest absolute Gasteiger partial charge is 0.495 e. The molecule has 4 rings (SSSR count). The van der Waals surface area contributed by atoms with Crippen molar-refractivity contribution in [3.63, 3.8) is 0 Å². The molecule has 1 aromatic carbocycles. The van der Waals surface area contributed by atoms with Crippen LogP contribution < -0.4 is 20.7 Å². The van der Waals surface area contributed by atoms with E-state index in [1.54, 1.807) is 18.7 Å². The van der Waals surface area contributed by atoms with Crippen LogP contribution in [0.2, 0.25) is 0 Å². The maximum absolute atomic E-state index is 15.6. The van der Waals surface area contributed by atoms with E-state index >= 15 is 13.2 Å². The molecule has 14 heteroatoms. The topological polar surface area (TPSA) is 139 Å². The second kappa shape index (κ2) is 16.3. The number of rotatable bonds is 12. The fraction of sp³-hybridized carbons (Fsp3) is 0.559. The van der Waals surface area contributed by atoms with Crippen LogP contribution in [0.25, 0.3) is 0 Å². The molecular formula is C34H44F3N5O6. The first-order chi connectivity index (χ1) is 22.8. The van der Waals surface area contributed by atoms with Crippen LogP contribution in [0.5, 0.6) is 5.75 Å². The molecule has 48 heavy (non-hydrogen) atoms. The van der Waals surface area contributed by atoms with E-state index in [0.717, 1.165) is 31.2 Å².